The van der Waals surface area contributed by atoms with Crippen LogP contribution in [0, 0.1) is 0 Å². The van der Waals surface area contributed by atoms with Gasteiger partial charge in [-0.3, -0.25) is 34.2 Å². The maximum Gasteiger partial charge on any atom is 0.262 e. The van der Waals surface area contributed by atoms with Crippen molar-refractivity contribution in [1.82, 2.24) is 15.1 Å². The molecule has 0 spiro atoms. The molecule has 0 aromatic heterocycles. The van der Waals surface area contributed by atoms with E-state index in [-0.39, 0.29) is 30.5 Å². The molecule has 9 nitrogen and oxygen atoms in total. The summed E-state index contributed by atoms with van der Waals surface area (Å²) in [5.41, 5.74) is 6.74. The summed E-state index contributed by atoms with van der Waals surface area (Å²) >= 11 is 0. The van der Waals surface area contributed by atoms with Gasteiger partial charge in [0.15, 0.2) is 0 Å². The Morgan fingerprint density at radius 1 is 1.17 bits per heavy atom. The molecule has 0 radical (unpaired) electrons. The second-order valence-electron chi connectivity index (χ2n) is 7.07. The summed E-state index contributed by atoms with van der Waals surface area (Å²) in [6.07, 6.45) is 5.20. The van der Waals surface area contributed by atoms with Gasteiger partial charge in [-0.25, -0.2) is 0 Å². The second kappa shape index (κ2) is 7.01. The number of imide groups is 2. The number of hydrogen-bond donors (Lipinski definition) is 2. The fraction of sp³-hybridized carbons (Fsp3) is 0.250. The standard InChI is InChI=1S/C20H18N4O5/c21-17(26)12-4-2-8-23(10-12)9-11-3-1-5-13-16(11)20(29)24(19(13)28)14-6-7-15(25)22-18(14)27/h1-5,10,14H,6-9H2,(H2,21,26)(H,22,25,27). The average molecular weight is 394 g/mol. The zero-order valence-electron chi connectivity index (χ0n) is 15.4. The van der Waals surface area contributed by atoms with Gasteiger partial charge >= 0.3 is 0 Å². The topological polar surface area (TPSA) is 130 Å². The van der Waals surface area contributed by atoms with Crippen LogP contribution in [0.2, 0.25) is 0 Å². The predicted octanol–water partition coefficient (Wildman–Crippen LogP) is -0.171. The van der Waals surface area contributed by atoms with Crippen molar-refractivity contribution in [3.05, 3.63) is 58.8 Å². The smallest absolute Gasteiger partial charge is 0.262 e. The molecule has 1 aromatic rings. The lowest BCUT2D eigenvalue weighted by molar-refractivity contribution is -0.136. The first-order chi connectivity index (χ1) is 13.9. The number of benzene rings is 1. The van der Waals surface area contributed by atoms with Crippen molar-refractivity contribution >= 4 is 29.5 Å². The average Bonchev–Trinajstić information content (AvgIpc) is 2.94. The Kier molecular flexibility index (Phi) is 4.50. The van der Waals surface area contributed by atoms with Crippen LogP contribution in [-0.4, -0.2) is 51.9 Å². The Balaban J connectivity index is 1.63. The molecular formula is C20H18N4O5. The van der Waals surface area contributed by atoms with E-state index in [1.807, 2.05) is 4.90 Å². The highest BCUT2D eigenvalue weighted by atomic mass is 16.2. The van der Waals surface area contributed by atoms with Crippen LogP contribution in [0.4, 0.5) is 0 Å². The molecular weight excluding hydrogens is 376 g/mol. The van der Waals surface area contributed by atoms with Crippen molar-refractivity contribution in [2.24, 2.45) is 5.73 Å². The van der Waals surface area contributed by atoms with Gasteiger partial charge in [0.05, 0.1) is 16.7 Å². The molecule has 1 unspecified atom stereocenters. The summed E-state index contributed by atoms with van der Waals surface area (Å²) in [7, 11) is 0. The Morgan fingerprint density at radius 2 is 1.97 bits per heavy atom. The summed E-state index contributed by atoms with van der Waals surface area (Å²) in [4.78, 5) is 63.7. The molecule has 3 aliphatic rings. The third-order valence-corrected chi connectivity index (χ3v) is 5.17. The van der Waals surface area contributed by atoms with E-state index >= 15 is 0 Å². The fourth-order valence-electron chi connectivity index (χ4n) is 3.80. The molecule has 1 atom stereocenters. The third kappa shape index (κ3) is 3.20. The second-order valence-corrected chi connectivity index (χ2v) is 7.07. The third-order valence-electron chi connectivity index (χ3n) is 5.17. The number of amides is 5. The van der Waals surface area contributed by atoms with E-state index in [4.69, 9.17) is 5.73 Å². The van der Waals surface area contributed by atoms with E-state index in [9.17, 15) is 24.0 Å². The molecule has 1 aromatic carbocycles. The van der Waals surface area contributed by atoms with Crippen LogP contribution < -0.4 is 11.1 Å². The van der Waals surface area contributed by atoms with Gasteiger partial charge in [0, 0.05) is 25.7 Å². The summed E-state index contributed by atoms with van der Waals surface area (Å²) < 4.78 is 0. The van der Waals surface area contributed by atoms with E-state index < -0.39 is 35.6 Å². The monoisotopic (exact) mass is 394 g/mol. The minimum absolute atomic E-state index is 0.0669. The lowest BCUT2D eigenvalue weighted by Gasteiger charge is -2.28. The number of fused-ring (bicyclic) bond motifs is 1. The van der Waals surface area contributed by atoms with Gasteiger partial charge in [-0.05, 0) is 18.1 Å². The van der Waals surface area contributed by atoms with Gasteiger partial charge < -0.3 is 10.6 Å². The maximum absolute atomic E-state index is 13.1. The van der Waals surface area contributed by atoms with Crippen LogP contribution in [0.3, 0.4) is 0 Å². The number of carbonyl (C=O) groups is 5. The van der Waals surface area contributed by atoms with Crippen molar-refractivity contribution < 1.29 is 24.0 Å². The normalized spacial score (nSPS) is 21.2. The van der Waals surface area contributed by atoms with Gasteiger partial charge in [-0.15, -0.1) is 0 Å². The molecule has 29 heavy (non-hydrogen) atoms. The van der Waals surface area contributed by atoms with Gasteiger partial charge in [-0.2, -0.15) is 0 Å². The quantitative estimate of drug-likeness (QED) is 0.682. The highest BCUT2D eigenvalue weighted by Gasteiger charge is 2.45. The Bertz CT molecular complexity index is 1030. The number of hydrogen-bond acceptors (Lipinski definition) is 6. The zero-order valence-corrected chi connectivity index (χ0v) is 15.4. The highest BCUT2D eigenvalue weighted by molar-refractivity contribution is 6.24. The van der Waals surface area contributed by atoms with Crippen LogP contribution >= 0.6 is 0 Å². The van der Waals surface area contributed by atoms with Crippen LogP contribution in [0.15, 0.2) is 42.1 Å². The molecule has 0 aliphatic carbocycles. The van der Waals surface area contributed by atoms with Gasteiger partial charge in [0.25, 0.3) is 11.8 Å². The number of primary amides is 1. The Morgan fingerprint density at radius 3 is 2.69 bits per heavy atom. The molecule has 148 valence electrons. The zero-order chi connectivity index (χ0) is 20.7. The Labute approximate surface area is 165 Å². The number of nitrogens with two attached hydrogens (primary N) is 1. The van der Waals surface area contributed by atoms with E-state index in [1.54, 1.807) is 36.6 Å². The van der Waals surface area contributed by atoms with E-state index in [1.165, 1.54) is 0 Å². The van der Waals surface area contributed by atoms with Gasteiger partial charge in [0.2, 0.25) is 17.7 Å². The molecule has 0 bridgehead atoms. The van der Waals surface area contributed by atoms with Crippen LogP contribution in [-0.2, 0) is 20.9 Å². The van der Waals surface area contributed by atoms with Crippen LogP contribution in [0.1, 0.15) is 39.1 Å². The molecule has 1 fully saturated rings. The summed E-state index contributed by atoms with van der Waals surface area (Å²) in [6, 6.07) is 3.94. The fourth-order valence-corrected chi connectivity index (χ4v) is 3.80. The number of rotatable bonds is 4. The number of piperidine rings is 1. The number of carbonyl (C=O) groups excluding carboxylic acids is 5. The minimum atomic E-state index is -1.01. The lowest BCUT2D eigenvalue weighted by atomic mass is 10.0. The highest BCUT2D eigenvalue weighted by Crippen LogP contribution is 2.30. The SMILES string of the molecule is NC(=O)C1=CN(Cc2cccc3c2C(=O)N(C2CCC(=O)NC2=O)C3=O)CC=C1. The van der Waals surface area contributed by atoms with Crippen molar-refractivity contribution in [2.45, 2.75) is 25.4 Å². The molecule has 9 heteroatoms. The molecule has 1 saturated heterocycles. The summed E-state index contributed by atoms with van der Waals surface area (Å²) in [5, 5.41) is 2.18. The molecule has 3 N–H and O–H groups in total. The molecule has 3 heterocycles. The lowest BCUT2D eigenvalue weighted by Crippen LogP contribution is -2.54. The van der Waals surface area contributed by atoms with E-state index in [0.29, 0.717) is 17.7 Å². The van der Waals surface area contributed by atoms with Crippen molar-refractivity contribution in [3.63, 3.8) is 0 Å². The van der Waals surface area contributed by atoms with E-state index in [2.05, 4.69) is 5.32 Å². The van der Waals surface area contributed by atoms with Gasteiger partial charge in [0.1, 0.15) is 6.04 Å². The maximum atomic E-state index is 13.1. The molecule has 4 rings (SSSR count). The van der Waals surface area contributed by atoms with E-state index in [0.717, 1.165) is 4.90 Å². The first-order valence-electron chi connectivity index (χ1n) is 9.12. The van der Waals surface area contributed by atoms with Gasteiger partial charge in [-0.1, -0.05) is 24.3 Å². The van der Waals surface area contributed by atoms with Crippen molar-refractivity contribution in [2.75, 3.05) is 6.54 Å². The Hall–Kier alpha value is -3.75. The summed E-state index contributed by atoms with van der Waals surface area (Å²) in [5.74, 6) is -2.72. The number of nitrogens with one attached hydrogen (secondary N) is 1. The summed E-state index contributed by atoms with van der Waals surface area (Å²) in [6.45, 7) is 0.798. The van der Waals surface area contributed by atoms with Crippen LogP contribution in [0.5, 0.6) is 0 Å². The molecule has 0 saturated carbocycles. The largest absolute Gasteiger partial charge is 0.369 e. The molecule has 3 aliphatic heterocycles. The van der Waals surface area contributed by atoms with Crippen LogP contribution in [0.25, 0.3) is 0 Å². The number of nitrogens with zero attached hydrogens (tertiary/aromatic N) is 2. The van der Waals surface area contributed by atoms with Crippen molar-refractivity contribution in [3.8, 4) is 0 Å². The molecule has 5 amide bonds. The van der Waals surface area contributed by atoms with Crippen molar-refractivity contribution in [1.29, 1.82) is 0 Å². The first-order valence-corrected chi connectivity index (χ1v) is 9.12. The first kappa shape index (κ1) is 18.6. The predicted molar refractivity (Wildman–Crippen MR) is 99.9 cm³/mol. The minimum Gasteiger partial charge on any atom is -0.369 e.